The lowest BCUT2D eigenvalue weighted by Gasteiger charge is -2.19. The van der Waals surface area contributed by atoms with Crippen LogP contribution < -0.4 is 5.32 Å². The van der Waals surface area contributed by atoms with Crippen LogP contribution in [-0.4, -0.2) is 16.7 Å². The maximum atomic E-state index is 11.6. The minimum absolute atomic E-state index is 0.467. The highest BCUT2D eigenvalue weighted by atomic mass is 79.9. The van der Waals surface area contributed by atoms with Crippen molar-refractivity contribution in [2.75, 3.05) is 5.32 Å². The van der Waals surface area contributed by atoms with Gasteiger partial charge in [-0.1, -0.05) is 12.1 Å². The van der Waals surface area contributed by atoms with E-state index in [0.717, 1.165) is 15.4 Å². The van der Waals surface area contributed by atoms with Gasteiger partial charge in [-0.15, -0.1) is 0 Å². The number of nitrogens with one attached hydrogen (secondary N) is 2. The molecule has 1 amide bonds. The molecule has 0 spiro atoms. The van der Waals surface area contributed by atoms with Gasteiger partial charge in [0, 0.05) is 9.86 Å². The van der Waals surface area contributed by atoms with Crippen LogP contribution >= 0.6 is 15.9 Å². The molecule has 0 radical (unpaired) electrons. The van der Waals surface area contributed by atoms with Crippen molar-refractivity contribution in [2.45, 2.75) is 26.4 Å². The smallest absolute Gasteiger partial charge is 0.413 e. The summed E-state index contributed by atoms with van der Waals surface area (Å²) < 4.78 is 6.14. The molecule has 0 saturated heterocycles. The fourth-order valence-electron chi connectivity index (χ4n) is 1.60. The van der Waals surface area contributed by atoms with Crippen LogP contribution in [0.3, 0.4) is 0 Å². The molecule has 0 atom stereocenters. The van der Waals surface area contributed by atoms with E-state index >= 15 is 0 Å². The molecule has 2 rings (SSSR count). The third kappa shape index (κ3) is 3.04. The van der Waals surface area contributed by atoms with E-state index in [4.69, 9.17) is 4.74 Å². The van der Waals surface area contributed by atoms with E-state index < -0.39 is 11.7 Å². The maximum Gasteiger partial charge on any atom is 0.413 e. The molecule has 96 valence electrons. The minimum atomic E-state index is -0.503. The Kier molecular flexibility index (Phi) is 3.34. The Morgan fingerprint density at radius 1 is 1.39 bits per heavy atom. The first-order valence-electron chi connectivity index (χ1n) is 5.62. The van der Waals surface area contributed by atoms with E-state index in [-0.39, 0.29) is 0 Å². The standard InChI is InChI=1S/C13H15BrN2O2/c1-13(2,3)18-12(17)16-10-7-8-5-4-6-9(14)11(8)15-10/h4-7,15H,1-3H3,(H,16,17). The Morgan fingerprint density at radius 2 is 2.11 bits per heavy atom. The summed E-state index contributed by atoms with van der Waals surface area (Å²) in [6, 6.07) is 7.72. The van der Waals surface area contributed by atoms with Gasteiger partial charge >= 0.3 is 6.09 Å². The molecule has 2 aromatic rings. The summed E-state index contributed by atoms with van der Waals surface area (Å²) in [5, 5.41) is 3.70. The quantitative estimate of drug-likeness (QED) is 0.826. The lowest BCUT2D eigenvalue weighted by atomic mass is 10.2. The summed E-state index contributed by atoms with van der Waals surface area (Å²) in [5.74, 6) is 0.617. The van der Waals surface area contributed by atoms with Gasteiger partial charge in [-0.2, -0.15) is 0 Å². The zero-order valence-electron chi connectivity index (χ0n) is 10.5. The van der Waals surface area contributed by atoms with Crippen LogP contribution in [0.4, 0.5) is 10.6 Å². The molecule has 0 bridgehead atoms. The van der Waals surface area contributed by atoms with Crippen molar-refractivity contribution in [2.24, 2.45) is 0 Å². The molecule has 0 aliphatic rings. The number of rotatable bonds is 1. The Bertz CT molecular complexity index is 584. The molecule has 0 unspecified atom stereocenters. The average Bonchev–Trinajstić information content (AvgIpc) is 2.58. The molecule has 5 heteroatoms. The van der Waals surface area contributed by atoms with Crippen LogP contribution in [0.2, 0.25) is 0 Å². The van der Waals surface area contributed by atoms with Crippen molar-refractivity contribution < 1.29 is 9.53 Å². The Morgan fingerprint density at radius 3 is 2.72 bits per heavy atom. The Balaban J connectivity index is 2.18. The minimum Gasteiger partial charge on any atom is -0.444 e. The number of anilines is 1. The zero-order chi connectivity index (χ0) is 13.3. The summed E-state index contributed by atoms with van der Waals surface area (Å²) in [6.45, 7) is 5.48. The zero-order valence-corrected chi connectivity index (χ0v) is 12.1. The average molecular weight is 311 g/mol. The van der Waals surface area contributed by atoms with Gasteiger partial charge in [0.15, 0.2) is 0 Å². The van der Waals surface area contributed by atoms with Gasteiger partial charge in [-0.25, -0.2) is 4.79 Å². The second kappa shape index (κ2) is 4.65. The molecule has 4 nitrogen and oxygen atoms in total. The number of aromatic amines is 1. The number of carbonyl (C=O) groups is 1. The number of fused-ring (bicyclic) bond motifs is 1. The van der Waals surface area contributed by atoms with Crippen molar-refractivity contribution in [1.29, 1.82) is 0 Å². The molecule has 1 aromatic carbocycles. The number of benzene rings is 1. The maximum absolute atomic E-state index is 11.6. The second-order valence-electron chi connectivity index (χ2n) is 5.01. The van der Waals surface area contributed by atoms with Crippen molar-refractivity contribution in [1.82, 2.24) is 4.98 Å². The lowest BCUT2D eigenvalue weighted by Crippen LogP contribution is -2.27. The van der Waals surface area contributed by atoms with E-state index in [1.807, 2.05) is 45.0 Å². The SMILES string of the molecule is CC(C)(C)OC(=O)Nc1cc2cccc(Br)c2[nH]1. The molecular weight excluding hydrogens is 296 g/mol. The predicted octanol–water partition coefficient (Wildman–Crippen LogP) is 4.28. The summed E-state index contributed by atoms with van der Waals surface area (Å²) >= 11 is 3.45. The fraction of sp³-hybridized carbons (Fsp3) is 0.308. The summed E-state index contributed by atoms with van der Waals surface area (Å²) in [7, 11) is 0. The van der Waals surface area contributed by atoms with Crippen molar-refractivity contribution >= 4 is 38.7 Å². The molecule has 0 aliphatic carbocycles. The van der Waals surface area contributed by atoms with Gasteiger partial charge in [0.05, 0.1) is 5.52 Å². The number of hydrogen-bond acceptors (Lipinski definition) is 2. The Hall–Kier alpha value is -1.49. The number of ether oxygens (including phenoxy) is 1. The van der Waals surface area contributed by atoms with Gasteiger partial charge < -0.3 is 9.72 Å². The highest BCUT2D eigenvalue weighted by molar-refractivity contribution is 9.10. The van der Waals surface area contributed by atoms with Gasteiger partial charge in [-0.3, -0.25) is 5.32 Å². The number of para-hydroxylation sites is 1. The number of carbonyl (C=O) groups excluding carboxylic acids is 1. The van der Waals surface area contributed by atoms with E-state index in [9.17, 15) is 4.79 Å². The van der Waals surface area contributed by atoms with Gasteiger partial charge in [0.25, 0.3) is 0 Å². The molecule has 2 N–H and O–H groups in total. The van der Waals surface area contributed by atoms with Crippen LogP contribution in [0.25, 0.3) is 10.9 Å². The molecule has 0 aliphatic heterocycles. The van der Waals surface area contributed by atoms with Gasteiger partial charge in [0.1, 0.15) is 11.4 Å². The highest BCUT2D eigenvalue weighted by Gasteiger charge is 2.16. The highest BCUT2D eigenvalue weighted by Crippen LogP contribution is 2.26. The van der Waals surface area contributed by atoms with Crippen molar-refractivity contribution in [3.8, 4) is 0 Å². The molecule has 0 fully saturated rings. The Labute approximate surface area is 114 Å². The van der Waals surface area contributed by atoms with E-state index in [1.54, 1.807) is 0 Å². The molecular formula is C13H15BrN2O2. The van der Waals surface area contributed by atoms with Crippen molar-refractivity contribution in [3.05, 3.63) is 28.7 Å². The van der Waals surface area contributed by atoms with Gasteiger partial charge in [0.2, 0.25) is 0 Å². The monoisotopic (exact) mass is 310 g/mol. The fourth-order valence-corrected chi connectivity index (χ4v) is 2.08. The molecule has 18 heavy (non-hydrogen) atoms. The summed E-state index contributed by atoms with van der Waals surface area (Å²) in [6.07, 6.45) is -0.467. The summed E-state index contributed by atoms with van der Waals surface area (Å²) in [4.78, 5) is 14.7. The van der Waals surface area contributed by atoms with Crippen LogP contribution in [-0.2, 0) is 4.74 Å². The first-order valence-corrected chi connectivity index (χ1v) is 6.42. The number of halogens is 1. The summed E-state index contributed by atoms with van der Waals surface area (Å²) in [5.41, 5.74) is 0.444. The van der Waals surface area contributed by atoms with Crippen molar-refractivity contribution in [3.63, 3.8) is 0 Å². The molecule has 1 aromatic heterocycles. The molecule has 0 saturated carbocycles. The topological polar surface area (TPSA) is 54.1 Å². The van der Waals surface area contributed by atoms with Crippen LogP contribution in [0, 0.1) is 0 Å². The number of amides is 1. The predicted molar refractivity (Wildman–Crippen MR) is 75.9 cm³/mol. The number of H-pyrrole nitrogens is 1. The lowest BCUT2D eigenvalue weighted by molar-refractivity contribution is 0.0635. The van der Waals surface area contributed by atoms with Gasteiger partial charge in [-0.05, 0) is 48.8 Å². The van der Waals surface area contributed by atoms with Crippen LogP contribution in [0.5, 0.6) is 0 Å². The third-order valence-corrected chi connectivity index (χ3v) is 2.90. The molecule has 1 heterocycles. The second-order valence-corrected chi connectivity index (χ2v) is 5.87. The van der Waals surface area contributed by atoms with E-state index in [1.165, 1.54) is 0 Å². The van der Waals surface area contributed by atoms with E-state index in [2.05, 4.69) is 26.2 Å². The largest absolute Gasteiger partial charge is 0.444 e. The first kappa shape index (κ1) is 13.0. The van der Waals surface area contributed by atoms with Crippen LogP contribution in [0.1, 0.15) is 20.8 Å². The first-order chi connectivity index (χ1) is 8.35. The number of aromatic nitrogens is 1. The van der Waals surface area contributed by atoms with Crippen LogP contribution in [0.15, 0.2) is 28.7 Å². The third-order valence-electron chi connectivity index (χ3n) is 2.24. The normalized spacial score (nSPS) is 11.6. The van der Waals surface area contributed by atoms with E-state index in [0.29, 0.717) is 5.82 Å². The number of hydrogen-bond donors (Lipinski definition) is 2.